The number of nitrogens with zero attached hydrogens (tertiary/aromatic N) is 1. The number of ether oxygens (including phenoxy) is 2. The van der Waals surface area contributed by atoms with Gasteiger partial charge in [0.1, 0.15) is 12.4 Å². The predicted molar refractivity (Wildman–Crippen MR) is 143 cm³/mol. The zero-order valence-corrected chi connectivity index (χ0v) is 21.9. The number of carbonyl (C=O) groups excluding carboxylic acids is 1. The van der Waals surface area contributed by atoms with E-state index in [0.717, 1.165) is 14.7 Å². The van der Waals surface area contributed by atoms with Crippen LogP contribution in [0.4, 0.5) is 10.1 Å². The van der Waals surface area contributed by atoms with E-state index < -0.39 is 0 Å². The van der Waals surface area contributed by atoms with Crippen LogP contribution in [0, 0.1) is 16.3 Å². The Labute approximate surface area is 219 Å². The van der Waals surface area contributed by atoms with Crippen molar-refractivity contribution in [1.82, 2.24) is 5.32 Å². The average molecular weight is 609 g/mol. The number of hydrogen-bond donors (Lipinski definition) is 1. The first-order valence-electron chi connectivity index (χ1n) is 10.1. The molecule has 0 bridgehead atoms. The minimum atomic E-state index is -0.326. The number of aliphatic imine (C=N–C) groups is 1. The number of benzene rings is 3. The molecular weight excluding hydrogens is 590 g/mol. The van der Waals surface area contributed by atoms with Crippen molar-refractivity contribution in [3.63, 3.8) is 0 Å². The number of halogens is 3. The summed E-state index contributed by atoms with van der Waals surface area (Å²) in [5, 5.41) is 3.88. The minimum absolute atomic E-state index is 0.0699. The second kappa shape index (κ2) is 10.8. The van der Waals surface area contributed by atoms with E-state index in [9.17, 15) is 9.18 Å². The molecule has 0 atom stereocenters. The highest BCUT2D eigenvalue weighted by atomic mass is 127. The fraction of sp³-hybridized carbons (Fsp3) is 0.120. The highest BCUT2D eigenvalue weighted by molar-refractivity contribution is 14.1. The summed E-state index contributed by atoms with van der Waals surface area (Å²) in [7, 11) is 1.54. The summed E-state index contributed by atoms with van der Waals surface area (Å²) in [6.07, 6.45) is 1.76. The van der Waals surface area contributed by atoms with Crippen molar-refractivity contribution in [3.05, 3.63) is 90.6 Å². The third-order valence-electron chi connectivity index (χ3n) is 4.99. The molecule has 3 aromatic rings. The lowest BCUT2D eigenvalue weighted by Crippen LogP contribution is -2.19. The van der Waals surface area contributed by atoms with Crippen LogP contribution in [-0.2, 0) is 11.4 Å². The van der Waals surface area contributed by atoms with Crippen molar-refractivity contribution in [2.75, 3.05) is 7.11 Å². The molecule has 1 heterocycles. The van der Waals surface area contributed by atoms with Crippen LogP contribution < -0.4 is 14.8 Å². The Bertz CT molecular complexity index is 1330. The number of carbonyl (C=O) groups is 1. The summed E-state index contributed by atoms with van der Waals surface area (Å²) < 4.78 is 26.1. The van der Waals surface area contributed by atoms with Gasteiger partial charge in [-0.3, -0.25) is 4.79 Å². The van der Waals surface area contributed by atoms with Gasteiger partial charge in [0.15, 0.2) is 16.7 Å². The average Bonchev–Trinajstić information content (AvgIpc) is 3.15. The van der Waals surface area contributed by atoms with E-state index in [2.05, 4.69) is 32.9 Å². The molecule has 0 saturated carbocycles. The first kappa shape index (κ1) is 24.6. The SMILES string of the molecule is COc1cc(/C=C2/SC(=Nc3cccc(Cl)c3C)NC2=O)cc(I)c1OCc1ccccc1F. The summed E-state index contributed by atoms with van der Waals surface area (Å²) >= 11 is 9.55. The predicted octanol–water partition coefficient (Wildman–Crippen LogP) is 6.87. The van der Waals surface area contributed by atoms with E-state index in [0.29, 0.717) is 37.8 Å². The van der Waals surface area contributed by atoms with Gasteiger partial charge in [-0.2, -0.15) is 0 Å². The van der Waals surface area contributed by atoms with Gasteiger partial charge in [-0.15, -0.1) is 0 Å². The van der Waals surface area contributed by atoms with Crippen molar-refractivity contribution in [1.29, 1.82) is 0 Å². The van der Waals surface area contributed by atoms with E-state index in [1.54, 1.807) is 36.4 Å². The van der Waals surface area contributed by atoms with E-state index in [1.165, 1.54) is 24.9 Å². The Hall–Kier alpha value is -2.56. The second-order valence-electron chi connectivity index (χ2n) is 7.28. The molecule has 0 spiro atoms. The fourth-order valence-corrected chi connectivity index (χ4v) is 4.97. The Morgan fingerprint density at radius 3 is 2.76 bits per heavy atom. The molecule has 5 nitrogen and oxygen atoms in total. The molecule has 1 amide bonds. The van der Waals surface area contributed by atoms with Gasteiger partial charge in [0.05, 0.1) is 21.3 Å². The fourth-order valence-electron chi connectivity index (χ4n) is 3.19. The summed E-state index contributed by atoms with van der Waals surface area (Å²) in [5.74, 6) is 0.433. The Morgan fingerprint density at radius 2 is 2.00 bits per heavy atom. The van der Waals surface area contributed by atoms with E-state index >= 15 is 0 Å². The Kier molecular flexibility index (Phi) is 7.80. The molecule has 3 aromatic carbocycles. The summed E-state index contributed by atoms with van der Waals surface area (Å²) in [6, 6.07) is 15.6. The molecule has 1 N–H and O–H groups in total. The molecule has 1 saturated heterocycles. The molecule has 4 rings (SSSR count). The molecule has 174 valence electrons. The number of amidine groups is 1. The number of hydrogen-bond acceptors (Lipinski definition) is 5. The number of thioether (sulfide) groups is 1. The number of nitrogens with one attached hydrogen (secondary N) is 1. The van der Waals surface area contributed by atoms with Crippen molar-refractivity contribution >= 4 is 68.8 Å². The van der Waals surface area contributed by atoms with Crippen LogP contribution in [0.25, 0.3) is 6.08 Å². The Balaban J connectivity index is 1.56. The van der Waals surface area contributed by atoms with Crippen molar-refractivity contribution in [2.24, 2.45) is 4.99 Å². The van der Waals surface area contributed by atoms with E-state index in [-0.39, 0.29) is 18.3 Å². The largest absolute Gasteiger partial charge is 0.493 e. The van der Waals surface area contributed by atoms with Crippen LogP contribution in [0.5, 0.6) is 11.5 Å². The van der Waals surface area contributed by atoms with Gasteiger partial charge < -0.3 is 14.8 Å². The molecule has 1 aliphatic rings. The molecule has 1 fully saturated rings. The number of rotatable bonds is 6. The van der Waals surface area contributed by atoms with Gasteiger partial charge in [-0.25, -0.2) is 9.38 Å². The first-order chi connectivity index (χ1) is 16.4. The second-order valence-corrected chi connectivity index (χ2v) is 9.88. The molecule has 1 aliphatic heterocycles. The lowest BCUT2D eigenvalue weighted by Gasteiger charge is -2.14. The smallest absolute Gasteiger partial charge is 0.264 e. The van der Waals surface area contributed by atoms with E-state index in [4.69, 9.17) is 21.1 Å². The van der Waals surface area contributed by atoms with Gasteiger partial charge in [0.2, 0.25) is 0 Å². The van der Waals surface area contributed by atoms with Gasteiger partial charge in [-0.1, -0.05) is 35.9 Å². The van der Waals surface area contributed by atoms with Crippen LogP contribution in [0.3, 0.4) is 0 Å². The topological polar surface area (TPSA) is 59.9 Å². The van der Waals surface area contributed by atoms with Crippen molar-refractivity contribution < 1.29 is 18.7 Å². The maximum Gasteiger partial charge on any atom is 0.264 e. The standard InChI is InChI=1S/C25H19ClFIN2O3S/c1-14-17(26)7-5-9-20(14)29-25-30-24(31)22(34-25)12-15-10-19(28)23(21(11-15)32-2)33-13-16-6-3-4-8-18(16)27/h3-12H,13H2,1-2H3,(H,29,30,31)/b22-12+. The van der Waals surface area contributed by atoms with Crippen LogP contribution in [0.1, 0.15) is 16.7 Å². The molecule has 0 radical (unpaired) electrons. The minimum Gasteiger partial charge on any atom is -0.493 e. The molecule has 0 unspecified atom stereocenters. The number of methoxy groups -OCH3 is 1. The zero-order chi connectivity index (χ0) is 24.2. The summed E-state index contributed by atoms with van der Waals surface area (Å²) in [4.78, 5) is 17.6. The summed E-state index contributed by atoms with van der Waals surface area (Å²) in [6.45, 7) is 1.95. The summed E-state index contributed by atoms with van der Waals surface area (Å²) in [5.41, 5.74) is 2.75. The molecular formula is C25H19ClFIN2O3S. The molecule has 0 aliphatic carbocycles. The van der Waals surface area contributed by atoms with Crippen molar-refractivity contribution in [2.45, 2.75) is 13.5 Å². The van der Waals surface area contributed by atoms with Crippen LogP contribution >= 0.6 is 46.0 Å². The van der Waals surface area contributed by atoms with Crippen molar-refractivity contribution in [3.8, 4) is 11.5 Å². The zero-order valence-electron chi connectivity index (χ0n) is 18.2. The van der Waals surface area contributed by atoms with Gasteiger partial charge >= 0.3 is 0 Å². The van der Waals surface area contributed by atoms with Gasteiger partial charge in [0, 0.05) is 10.6 Å². The van der Waals surface area contributed by atoms with Gasteiger partial charge in [-0.05, 0) is 88.8 Å². The number of amides is 1. The lowest BCUT2D eigenvalue weighted by molar-refractivity contribution is -0.115. The lowest BCUT2D eigenvalue weighted by atomic mass is 10.1. The quantitative estimate of drug-likeness (QED) is 0.245. The molecule has 9 heteroatoms. The maximum atomic E-state index is 13.9. The van der Waals surface area contributed by atoms with E-state index in [1.807, 2.05) is 25.1 Å². The molecule has 34 heavy (non-hydrogen) atoms. The normalized spacial score (nSPS) is 15.6. The monoisotopic (exact) mass is 608 g/mol. The van der Waals surface area contributed by atoms with Crippen LogP contribution in [-0.4, -0.2) is 18.2 Å². The van der Waals surface area contributed by atoms with Gasteiger partial charge in [0.25, 0.3) is 5.91 Å². The third kappa shape index (κ3) is 5.56. The molecule has 0 aromatic heterocycles. The highest BCUT2D eigenvalue weighted by Crippen LogP contribution is 2.37. The highest BCUT2D eigenvalue weighted by Gasteiger charge is 2.24. The Morgan fingerprint density at radius 1 is 1.21 bits per heavy atom. The maximum absolute atomic E-state index is 13.9. The van der Waals surface area contributed by atoms with Crippen LogP contribution in [0.2, 0.25) is 5.02 Å². The third-order valence-corrected chi connectivity index (χ3v) is 7.11. The first-order valence-corrected chi connectivity index (χ1v) is 12.4. The van der Waals surface area contributed by atoms with Crippen LogP contribution in [0.15, 0.2) is 64.5 Å².